The van der Waals surface area contributed by atoms with Crippen molar-refractivity contribution < 1.29 is 19.8 Å². The maximum atomic E-state index is 13.1. The number of aliphatic hydroxyl groups is 2. The smallest absolute Gasteiger partial charge is 0.211 e. The molecule has 0 bridgehead atoms. The molecule has 0 aromatic rings. The molecule has 0 aromatic carbocycles. The van der Waals surface area contributed by atoms with Crippen LogP contribution in [0.2, 0.25) is 0 Å². The van der Waals surface area contributed by atoms with Gasteiger partial charge in [-0.1, -0.05) is 13.8 Å². The van der Waals surface area contributed by atoms with Crippen LogP contribution in [0.15, 0.2) is 23.2 Å². The molecule has 0 radical (unpaired) electrons. The number of fused-ring (bicyclic) bond motifs is 5. The Bertz CT molecular complexity index is 747. The van der Waals surface area contributed by atoms with Gasteiger partial charge in [0.2, 0.25) is 11.5 Å². The van der Waals surface area contributed by atoms with E-state index in [9.17, 15) is 19.8 Å². The third-order valence-corrected chi connectivity index (χ3v) is 8.65. The Balaban J connectivity index is 1.77. The normalized spacial score (nSPS) is 47.8. The number of carbonyl (C=O) groups excluding carboxylic acids is 2. The highest BCUT2D eigenvalue weighted by molar-refractivity contribution is 6.02. The first-order valence-electron chi connectivity index (χ1n) is 10.0. The molecule has 26 heavy (non-hydrogen) atoms. The van der Waals surface area contributed by atoms with Gasteiger partial charge in [-0.25, -0.2) is 0 Å². The molecule has 0 aliphatic heterocycles. The van der Waals surface area contributed by atoms with Crippen LogP contribution in [0, 0.1) is 40.4 Å². The van der Waals surface area contributed by atoms with Crippen LogP contribution in [0.4, 0.5) is 0 Å². The van der Waals surface area contributed by atoms with Gasteiger partial charge >= 0.3 is 0 Å². The van der Waals surface area contributed by atoms with Crippen molar-refractivity contribution in [1.82, 2.24) is 0 Å². The first-order chi connectivity index (χ1) is 12.1. The summed E-state index contributed by atoms with van der Waals surface area (Å²) in [7, 11) is 0. The van der Waals surface area contributed by atoms with Crippen molar-refractivity contribution in [3.05, 3.63) is 23.2 Å². The Labute approximate surface area is 155 Å². The van der Waals surface area contributed by atoms with E-state index >= 15 is 0 Å². The Kier molecular flexibility index (Phi) is 3.74. The summed E-state index contributed by atoms with van der Waals surface area (Å²) >= 11 is 0. The molecular formula is C22H30O4. The van der Waals surface area contributed by atoms with Crippen molar-refractivity contribution >= 4 is 11.6 Å². The lowest BCUT2D eigenvalue weighted by atomic mass is 9.45. The molecule has 0 heterocycles. The summed E-state index contributed by atoms with van der Waals surface area (Å²) in [4.78, 5) is 25.3. The molecule has 142 valence electrons. The third-order valence-electron chi connectivity index (χ3n) is 8.65. The largest absolute Gasteiger partial charge is 0.504 e. The van der Waals surface area contributed by atoms with Gasteiger partial charge in [0.15, 0.2) is 5.76 Å². The second-order valence-electron chi connectivity index (χ2n) is 9.66. The maximum absolute atomic E-state index is 13.1. The minimum atomic E-state index is -0.728. The summed E-state index contributed by atoms with van der Waals surface area (Å²) in [6.07, 6.45) is 6.53. The lowest BCUT2D eigenvalue weighted by molar-refractivity contribution is -0.140. The average Bonchev–Trinajstić information content (AvgIpc) is 2.93. The summed E-state index contributed by atoms with van der Waals surface area (Å²) in [5.74, 6) is 0.597. The third kappa shape index (κ3) is 2.02. The number of ketones is 2. The zero-order valence-corrected chi connectivity index (χ0v) is 16.2. The van der Waals surface area contributed by atoms with Crippen LogP contribution < -0.4 is 0 Å². The van der Waals surface area contributed by atoms with Crippen LogP contribution in [-0.2, 0) is 9.59 Å². The first kappa shape index (κ1) is 17.8. The van der Waals surface area contributed by atoms with E-state index in [1.54, 1.807) is 13.0 Å². The van der Waals surface area contributed by atoms with Gasteiger partial charge in [-0.3, -0.25) is 9.59 Å². The van der Waals surface area contributed by atoms with Crippen LogP contribution in [0.5, 0.6) is 0 Å². The van der Waals surface area contributed by atoms with Crippen molar-refractivity contribution in [3.8, 4) is 0 Å². The van der Waals surface area contributed by atoms with Gasteiger partial charge in [0.1, 0.15) is 5.78 Å². The number of hydrogen-bond acceptors (Lipinski definition) is 4. The monoisotopic (exact) mass is 358 g/mol. The predicted octanol–water partition coefficient (Wildman–Crippen LogP) is 4.52. The molecule has 0 aromatic heterocycles. The van der Waals surface area contributed by atoms with Crippen molar-refractivity contribution in [2.75, 3.05) is 0 Å². The molecule has 3 saturated carbocycles. The van der Waals surface area contributed by atoms with Crippen LogP contribution in [0.1, 0.15) is 59.8 Å². The molecule has 0 unspecified atom stereocenters. The summed E-state index contributed by atoms with van der Waals surface area (Å²) < 4.78 is 0. The van der Waals surface area contributed by atoms with E-state index in [1.807, 2.05) is 6.92 Å². The quantitative estimate of drug-likeness (QED) is 0.723. The van der Waals surface area contributed by atoms with Gasteiger partial charge in [0.25, 0.3) is 0 Å². The molecule has 0 spiro atoms. The molecule has 4 rings (SSSR count). The Hall–Kier alpha value is -1.58. The number of rotatable bonds is 1. The second-order valence-corrected chi connectivity index (χ2v) is 9.66. The van der Waals surface area contributed by atoms with Gasteiger partial charge in [-0.15, -0.1) is 0 Å². The zero-order valence-electron chi connectivity index (χ0n) is 16.2. The topological polar surface area (TPSA) is 74.6 Å². The van der Waals surface area contributed by atoms with Gasteiger partial charge < -0.3 is 10.2 Å². The van der Waals surface area contributed by atoms with E-state index in [0.717, 1.165) is 37.7 Å². The minimum Gasteiger partial charge on any atom is -0.504 e. The summed E-state index contributed by atoms with van der Waals surface area (Å²) in [5.41, 5.74) is 0.292. The molecule has 4 aliphatic carbocycles. The van der Waals surface area contributed by atoms with Gasteiger partial charge in [0, 0.05) is 5.92 Å². The maximum Gasteiger partial charge on any atom is 0.211 e. The van der Waals surface area contributed by atoms with E-state index in [0.29, 0.717) is 17.6 Å². The molecule has 2 N–H and O–H groups in total. The van der Waals surface area contributed by atoms with E-state index in [4.69, 9.17) is 0 Å². The fourth-order valence-corrected chi connectivity index (χ4v) is 7.43. The lowest BCUT2D eigenvalue weighted by Crippen LogP contribution is -2.55. The molecule has 0 saturated heterocycles. The van der Waals surface area contributed by atoms with Crippen molar-refractivity contribution in [2.45, 2.75) is 59.8 Å². The van der Waals surface area contributed by atoms with Gasteiger partial charge in [-0.2, -0.15) is 0 Å². The molecule has 4 heteroatoms. The van der Waals surface area contributed by atoms with E-state index < -0.39 is 11.2 Å². The van der Waals surface area contributed by atoms with Crippen molar-refractivity contribution in [1.29, 1.82) is 0 Å². The highest BCUT2D eigenvalue weighted by Gasteiger charge is 2.63. The second kappa shape index (κ2) is 5.46. The fourth-order valence-electron chi connectivity index (χ4n) is 7.43. The summed E-state index contributed by atoms with van der Waals surface area (Å²) in [5, 5.41) is 20.2. The fraction of sp³-hybridized carbons (Fsp3) is 0.727. The number of carbonyl (C=O) groups is 2. The van der Waals surface area contributed by atoms with Crippen molar-refractivity contribution in [2.24, 2.45) is 40.4 Å². The van der Waals surface area contributed by atoms with Crippen LogP contribution in [0.25, 0.3) is 0 Å². The Morgan fingerprint density at radius 3 is 2.50 bits per heavy atom. The van der Waals surface area contributed by atoms with E-state index in [1.165, 1.54) is 0 Å². The predicted molar refractivity (Wildman–Crippen MR) is 98.5 cm³/mol. The average molecular weight is 358 g/mol. The van der Waals surface area contributed by atoms with Gasteiger partial charge in [-0.05, 0) is 86.7 Å². The molecular weight excluding hydrogens is 328 g/mol. The van der Waals surface area contributed by atoms with Gasteiger partial charge in [0.05, 0.1) is 5.41 Å². The van der Waals surface area contributed by atoms with Crippen LogP contribution in [0.3, 0.4) is 0 Å². The van der Waals surface area contributed by atoms with E-state index in [2.05, 4.69) is 13.8 Å². The Morgan fingerprint density at radius 1 is 1.15 bits per heavy atom. The molecule has 7 atom stereocenters. The summed E-state index contributed by atoms with van der Waals surface area (Å²) in [6, 6.07) is 0. The Morgan fingerprint density at radius 2 is 1.85 bits per heavy atom. The van der Waals surface area contributed by atoms with E-state index in [-0.39, 0.29) is 34.7 Å². The van der Waals surface area contributed by atoms with Crippen LogP contribution >= 0.6 is 0 Å². The molecule has 4 aliphatic rings. The zero-order chi connectivity index (χ0) is 19.0. The molecule has 4 nitrogen and oxygen atoms in total. The first-order valence-corrected chi connectivity index (χ1v) is 10.0. The minimum absolute atomic E-state index is 0.0437. The lowest BCUT2D eigenvalue weighted by Gasteiger charge is -2.58. The number of hydrogen-bond donors (Lipinski definition) is 2. The highest BCUT2D eigenvalue weighted by atomic mass is 16.3. The highest BCUT2D eigenvalue weighted by Crippen LogP contribution is 2.67. The summed E-state index contributed by atoms with van der Waals surface area (Å²) in [6.45, 7) is 8.12. The standard InChI is InChI=1S/C22H30O4/c1-11-9-13-15-6-5-14(12(2)23)21(15,3)8-7-16(13)22(4)17(11)10-18(24)19(25)20(22)26/h10-11,13-16,24-25H,5-9H2,1-4H3/t11-,13-,14-,15-,16-,21+,22+/m0/s1. The molecule has 0 amide bonds. The number of allylic oxidation sites excluding steroid dienone is 3. The SMILES string of the molecule is CC(=O)[C@@H]1CC[C@H]2[C@@H]3C[C@H](C)C4=CC(O)=C(O)C(=O)[C@]4(C)[C@H]3CC[C@]12C. The number of aliphatic hydroxyl groups excluding tert-OH is 2. The van der Waals surface area contributed by atoms with Crippen molar-refractivity contribution in [3.63, 3.8) is 0 Å². The van der Waals surface area contributed by atoms with Crippen LogP contribution in [-0.4, -0.2) is 21.8 Å². The number of Topliss-reactive ketones (excluding diaryl/α,β-unsaturated/α-hetero) is 2. The molecule has 3 fully saturated rings.